The number of aromatic nitrogens is 2. The molecule has 0 fully saturated rings. The van der Waals surface area contributed by atoms with Crippen molar-refractivity contribution in [2.75, 3.05) is 0 Å². The average molecular weight is 424 g/mol. The Bertz CT molecular complexity index is 925. The number of carbonyl (C=O) groups excluding carboxylic acids is 1. The lowest BCUT2D eigenvalue weighted by Gasteiger charge is -2.04. The first kappa shape index (κ1) is 17.4. The Kier molecular flexibility index (Phi) is 5.34. The highest BCUT2D eigenvalue weighted by atomic mass is 79.9. The Hall–Kier alpha value is -2.39. The zero-order valence-electron chi connectivity index (χ0n) is 12.6. The van der Waals surface area contributed by atoms with E-state index < -0.39 is 5.82 Å². The largest absolute Gasteiger partial charge is 0.411 e. The van der Waals surface area contributed by atoms with E-state index in [0.717, 1.165) is 0 Å². The summed E-state index contributed by atoms with van der Waals surface area (Å²) in [7, 11) is 0. The van der Waals surface area contributed by atoms with Crippen LogP contribution in [0.25, 0.3) is 0 Å². The Labute approximate surface area is 154 Å². The summed E-state index contributed by atoms with van der Waals surface area (Å²) in [6.45, 7) is 0. The van der Waals surface area contributed by atoms with Gasteiger partial charge in [0.25, 0.3) is 0 Å². The zero-order chi connectivity index (χ0) is 17.8. The maximum atomic E-state index is 13.3. The van der Waals surface area contributed by atoms with Gasteiger partial charge in [-0.1, -0.05) is 22.4 Å². The monoisotopic (exact) mass is 423 g/mol. The molecule has 3 rings (SSSR count). The molecule has 25 heavy (non-hydrogen) atoms. The summed E-state index contributed by atoms with van der Waals surface area (Å²) in [6, 6.07) is 7.95. The topological polar surface area (TPSA) is 88.6 Å². The fraction of sp³-hybridized carbons (Fsp3) is 0.125. The second-order valence-corrected chi connectivity index (χ2v) is 6.91. The number of carbonyl (C=O) groups is 1. The van der Waals surface area contributed by atoms with Crippen LogP contribution < -0.4 is 0 Å². The molecule has 0 spiro atoms. The quantitative estimate of drug-likeness (QED) is 0.281. The second-order valence-electron chi connectivity index (χ2n) is 5.11. The molecule has 0 saturated heterocycles. The number of rotatable bonds is 6. The van der Waals surface area contributed by atoms with Crippen molar-refractivity contribution in [1.82, 2.24) is 10.3 Å². The van der Waals surface area contributed by atoms with Gasteiger partial charge in [-0.2, -0.15) is 0 Å². The minimum absolute atomic E-state index is 0.0223. The molecule has 0 aliphatic heterocycles. The molecule has 0 bridgehead atoms. The molecule has 1 aromatic carbocycles. The van der Waals surface area contributed by atoms with Crippen LogP contribution in [0, 0.1) is 5.82 Å². The van der Waals surface area contributed by atoms with Crippen LogP contribution in [0.1, 0.15) is 26.6 Å². The van der Waals surface area contributed by atoms with Crippen LogP contribution in [0.3, 0.4) is 0 Å². The fourth-order valence-electron chi connectivity index (χ4n) is 2.23. The normalized spacial score (nSPS) is 11.7. The number of hydrogen-bond acceptors (Lipinski definition) is 7. The van der Waals surface area contributed by atoms with E-state index in [1.54, 1.807) is 24.3 Å². The summed E-state index contributed by atoms with van der Waals surface area (Å²) in [5.41, 5.74) is 1.36. The predicted octanol–water partition coefficient (Wildman–Crippen LogP) is 3.88. The third kappa shape index (κ3) is 3.99. The molecule has 3 aromatic rings. The van der Waals surface area contributed by atoms with Gasteiger partial charge in [-0.3, -0.25) is 4.79 Å². The zero-order valence-corrected chi connectivity index (χ0v) is 15.1. The van der Waals surface area contributed by atoms with Crippen LogP contribution in [0.4, 0.5) is 4.39 Å². The summed E-state index contributed by atoms with van der Waals surface area (Å²) < 4.78 is 18.4. The van der Waals surface area contributed by atoms with Crippen LogP contribution in [0.2, 0.25) is 0 Å². The molecular weight excluding hydrogens is 413 g/mol. The Morgan fingerprint density at radius 1 is 1.32 bits per heavy atom. The summed E-state index contributed by atoms with van der Waals surface area (Å²) in [5, 5.41) is 21.9. The van der Waals surface area contributed by atoms with Gasteiger partial charge < -0.3 is 5.21 Å². The van der Waals surface area contributed by atoms with Crippen LogP contribution in [-0.2, 0) is 12.8 Å². The predicted molar refractivity (Wildman–Crippen MR) is 92.8 cm³/mol. The summed E-state index contributed by atoms with van der Waals surface area (Å²) in [5.74, 6) is -0.523. The molecule has 2 aromatic heterocycles. The van der Waals surface area contributed by atoms with Crippen molar-refractivity contribution in [3.63, 3.8) is 0 Å². The molecule has 1 N–H and O–H groups in total. The van der Waals surface area contributed by atoms with Crippen molar-refractivity contribution in [3.8, 4) is 0 Å². The summed E-state index contributed by atoms with van der Waals surface area (Å²) in [6.07, 6.45) is 0.148. The maximum absolute atomic E-state index is 13.3. The molecular formula is C16H11BrFN3O3S. The molecule has 0 amide bonds. The van der Waals surface area contributed by atoms with Crippen LogP contribution in [-0.4, -0.2) is 27.0 Å². The number of thiophene rings is 1. The highest BCUT2D eigenvalue weighted by Gasteiger charge is 2.21. The smallest absolute Gasteiger partial charge is 0.178 e. The second kappa shape index (κ2) is 7.66. The molecule has 6 nitrogen and oxygen atoms in total. The molecule has 0 atom stereocenters. The van der Waals surface area contributed by atoms with Crippen LogP contribution >= 0.6 is 27.3 Å². The molecule has 0 unspecified atom stereocenters. The highest BCUT2D eigenvalue weighted by molar-refractivity contribution is 9.10. The third-order valence-electron chi connectivity index (χ3n) is 3.43. The molecule has 0 aliphatic rings. The molecule has 128 valence electrons. The van der Waals surface area contributed by atoms with Gasteiger partial charge in [0.2, 0.25) is 0 Å². The van der Waals surface area contributed by atoms with E-state index in [1.165, 1.54) is 17.4 Å². The first-order valence-corrected chi connectivity index (χ1v) is 8.79. The molecule has 0 radical (unpaired) electrons. The molecule has 0 aliphatic carbocycles. The van der Waals surface area contributed by atoms with Gasteiger partial charge in [0, 0.05) is 6.42 Å². The van der Waals surface area contributed by atoms with Crippen molar-refractivity contribution in [2.24, 2.45) is 5.16 Å². The minimum Gasteiger partial charge on any atom is -0.411 e. The van der Waals surface area contributed by atoms with Crippen molar-refractivity contribution in [3.05, 3.63) is 67.8 Å². The van der Waals surface area contributed by atoms with E-state index in [1.807, 2.05) is 5.38 Å². The Morgan fingerprint density at radius 2 is 2.16 bits per heavy atom. The summed E-state index contributed by atoms with van der Waals surface area (Å²) in [4.78, 5) is 12.8. The minimum atomic E-state index is -0.392. The average Bonchev–Trinajstić information content (AvgIpc) is 3.27. The van der Waals surface area contributed by atoms with Crippen LogP contribution in [0.15, 0.2) is 50.0 Å². The maximum Gasteiger partial charge on any atom is 0.178 e. The van der Waals surface area contributed by atoms with Gasteiger partial charge in [0.15, 0.2) is 11.5 Å². The standard InChI is InChI=1S/C16H11BrFN3O3S/c17-10-6-9(3-4-11(10)18)7-12(19-23)16-13(20-24-21-16)8-14(22)15-2-1-5-25-15/h1-6,23H,7-8H2. The van der Waals surface area contributed by atoms with Crippen molar-refractivity contribution < 1.29 is 19.0 Å². The van der Waals surface area contributed by atoms with Gasteiger partial charge >= 0.3 is 0 Å². The number of oxime groups is 1. The molecule has 9 heteroatoms. The highest BCUT2D eigenvalue weighted by Crippen LogP contribution is 2.19. The van der Waals surface area contributed by atoms with Gasteiger partial charge in [0.1, 0.15) is 17.2 Å². The van der Waals surface area contributed by atoms with Crippen molar-refractivity contribution >= 4 is 38.8 Å². The number of nitrogens with zero attached hydrogens (tertiary/aromatic N) is 3. The first-order valence-electron chi connectivity index (χ1n) is 7.12. The van der Waals surface area contributed by atoms with E-state index in [0.29, 0.717) is 14.9 Å². The lowest BCUT2D eigenvalue weighted by Crippen LogP contribution is -2.12. The lowest BCUT2D eigenvalue weighted by atomic mass is 10.0. The van der Waals surface area contributed by atoms with Crippen LogP contribution in [0.5, 0.6) is 0 Å². The molecule has 0 saturated carbocycles. The van der Waals surface area contributed by atoms with Gasteiger partial charge in [-0.05, 0) is 50.2 Å². The fourth-order valence-corrected chi connectivity index (χ4v) is 3.32. The number of ketones is 1. The van der Waals surface area contributed by atoms with Crippen molar-refractivity contribution in [2.45, 2.75) is 12.8 Å². The van der Waals surface area contributed by atoms with Crippen molar-refractivity contribution in [1.29, 1.82) is 0 Å². The van der Waals surface area contributed by atoms with Gasteiger partial charge in [0.05, 0.1) is 15.8 Å². The van der Waals surface area contributed by atoms with E-state index in [4.69, 9.17) is 4.63 Å². The first-order chi connectivity index (χ1) is 12.1. The third-order valence-corrected chi connectivity index (χ3v) is 4.95. The SMILES string of the molecule is O=C(Cc1nonc1C(Cc1ccc(F)c(Br)c1)=NO)c1cccs1. The van der Waals surface area contributed by atoms with E-state index >= 15 is 0 Å². The van der Waals surface area contributed by atoms with E-state index in [2.05, 4.69) is 31.4 Å². The Balaban J connectivity index is 1.81. The van der Waals surface area contributed by atoms with E-state index in [-0.39, 0.29) is 35.7 Å². The number of Topliss-reactive ketones (excluding diaryl/α,β-unsaturated/α-hetero) is 1. The number of hydrogen-bond donors (Lipinski definition) is 1. The van der Waals surface area contributed by atoms with Gasteiger partial charge in [-0.25, -0.2) is 9.02 Å². The van der Waals surface area contributed by atoms with E-state index in [9.17, 15) is 14.4 Å². The number of benzene rings is 1. The number of halogens is 2. The molecule has 2 heterocycles. The van der Waals surface area contributed by atoms with Gasteiger partial charge in [-0.15, -0.1) is 11.3 Å². The Morgan fingerprint density at radius 3 is 2.84 bits per heavy atom. The summed E-state index contributed by atoms with van der Waals surface area (Å²) >= 11 is 4.44. The lowest BCUT2D eigenvalue weighted by molar-refractivity contribution is 0.0994.